The maximum atomic E-state index is 2.56. The molecule has 61 heavy (non-hydrogen) atoms. The van der Waals surface area contributed by atoms with Gasteiger partial charge in [-0.25, -0.2) is 0 Å². The molecule has 0 aromatic heterocycles. The van der Waals surface area contributed by atoms with Gasteiger partial charge in [0.1, 0.15) is 0 Å². The van der Waals surface area contributed by atoms with Crippen molar-refractivity contribution in [1.82, 2.24) is 0 Å². The summed E-state index contributed by atoms with van der Waals surface area (Å²) >= 11 is 0. The first kappa shape index (κ1) is 39.0. The first-order valence-corrected chi connectivity index (χ1v) is 22.3. The minimum Gasteiger partial charge on any atom is -0.310 e. The molecule has 0 spiro atoms. The Balaban J connectivity index is 1.32. The molecule has 0 atom stereocenters. The van der Waals surface area contributed by atoms with E-state index in [0.29, 0.717) is 0 Å². The van der Waals surface area contributed by atoms with Gasteiger partial charge in [-0.2, -0.15) is 0 Å². The van der Waals surface area contributed by atoms with Gasteiger partial charge >= 0.3 is 0 Å². The smallest absolute Gasteiger partial charge is 0.0717 e. The van der Waals surface area contributed by atoms with Crippen LogP contribution >= 0.6 is 0 Å². The molecule has 0 saturated carbocycles. The van der Waals surface area contributed by atoms with Crippen LogP contribution in [0.5, 0.6) is 0 Å². The Morgan fingerprint density at radius 1 is 0.508 bits per heavy atom. The van der Waals surface area contributed by atoms with Crippen LogP contribution < -0.4 is 4.90 Å². The Morgan fingerprint density at radius 3 is 1.77 bits per heavy atom. The van der Waals surface area contributed by atoms with Gasteiger partial charge in [-0.15, -0.1) is 0 Å². The second-order valence-electron chi connectivity index (χ2n) is 20.1. The predicted octanol–water partition coefficient (Wildman–Crippen LogP) is 16.2. The van der Waals surface area contributed by atoms with E-state index in [1.807, 2.05) is 0 Å². The highest BCUT2D eigenvalue weighted by molar-refractivity contribution is 5.99. The summed E-state index contributed by atoms with van der Waals surface area (Å²) in [4.78, 5) is 2.56. The number of hydrogen-bond donors (Lipinski definition) is 0. The van der Waals surface area contributed by atoms with E-state index in [1.54, 1.807) is 0 Å². The Bertz CT molecular complexity index is 2830. The van der Waals surface area contributed by atoms with Crippen molar-refractivity contribution >= 4 is 22.6 Å². The molecule has 7 aromatic carbocycles. The number of nitrogens with zero attached hydrogens (tertiary/aromatic N) is 1. The number of fused-ring (bicyclic) bond motifs is 6. The minimum absolute atomic E-state index is 0.0623. The second-order valence-corrected chi connectivity index (χ2v) is 20.1. The van der Waals surface area contributed by atoms with Gasteiger partial charge in [0.05, 0.1) is 11.1 Å². The van der Waals surface area contributed by atoms with Crippen molar-refractivity contribution in [3.05, 3.63) is 226 Å². The predicted molar refractivity (Wildman–Crippen MR) is 260 cm³/mol. The quantitative estimate of drug-likeness (QED) is 0.162. The molecule has 10 rings (SSSR count). The van der Waals surface area contributed by atoms with Crippen LogP contribution in [-0.2, 0) is 21.7 Å². The van der Waals surface area contributed by atoms with Crippen molar-refractivity contribution in [2.24, 2.45) is 0 Å². The zero-order valence-electron chi connectivity index (χ0n) is 37.1. The van der Waals surface area contributed by atoms with Crippen molar-refractivity contribution in [3.8, 4) is 22.3 Å². The largest absolute Gasteiger partial charge is 0.310 e. The molecule has 3 aliphatic rings. The number of anilines is 3. The maximum absolute atomic E-state index is 2.56. The number of hydrogen-bond acceptors (Lipinski definition) is 1. The molecule has 3 aliphatic carbocycles. The SMILES string of the molecule is CC(C)(C)c1cc2c(c(C(C)(C)C)c1)C(c1ccccc1)(c1ccccc1)c1cccc(N(c3ccc(C4=CCCC=C4)cc3)c3ccc4c(c3)C(C)(C)c3ccccc3-4)c1-2. The van der Waals surface area contributed by atoms with E-state index in [-0.39, 0.29) is 16.2 Å². The van der Waals surface area contributed by atoms with E-state index in [2.05, 4.69) is 236 Å². The molecule has 0 heterocycles. The van der Waals surface area contributed by atoms with Crippen LogP contribution in [0.3, 0.4) is 0 Å². The average molecular weight is 792 g/mol. The van der Waals surface area contributed by atoms with Crippen LogP contribution in [0, 0.1) is 0 Å². The van der Waals surface area contributed by atoms with Gasteiger partial charge in [-0.3, -0.25) is 0 Å². The Hall–Kier alpha value is -6.18. The van der Waals surface area contributed by atoms with Gasteiger partial charge < -0.3 is 4.90 Å². The first-order valence-electron chi connectivity index (χ1n) is 22.3. The zero-order chi connectivity index (χ0) is 42.3. The molecule has 0 radical (unpaired) electrons. The van der Waals surface area contributed by atoms with Crippen LogP contribution in [-0.4, -0.2) is 0 Å². The minimum atomic E-state index is -0.556. The van der Waals surface area contributed by atoms with E-state index in [9.17, 15) is 0 Å². The van der Waals surface area contributed by atoms with E-state index >= 15 is 0 Å². The summed E-state index contributed by atoms with van der Waals surface area (Å²) in [6.07, 6.45) is 9.15. The fourth-order valence-electron chi connectivity index (χ4n) is 10.8. The van der Waals surface area contributed by atoms with Crippen LogP contribution in [0.1, 0.15) is 118 Å². The first-order chi connectivity index (χ1) is 29.3. The lowest BCUT2D eigenvalue weighted by Crippen LogP contribution is -2.32. The summed E-state index contributed by atoms with van der Waals surface area (Å²) in [7, 11) is 0. The molecule has 1 nitrogen and oxygen atoms in total. The van der Waals surface area contributed by atoms with Crippen molar-refractivity contribution < 1.29 is 0 Å². The topological polar surface area (TPSA) is 3.24 Å². The third-order valence-electron chi connectivity index (χ3n) is 13.8. The fourth-order valence-corrected chi connectivity index (χ4v) is 10.8. The number of benzene rings is 7. The molecule has 0 fully saturated rings. The Morgan fingerprint density at radius 2 is 1.13 bits per heavy atom. The average Bonchev–Trinajstić information content (AvgIpc) is 3.70. The van der Waals surface area contributed by atoms with Gasteiger partial charge in [-0.05, 0) is 126 Å². The standard InChI is InChI=1S/C60H57N/c1-57(2,3)44-37-49-55-51(60(42-23-14-10-15-24-42,43-25-16-11-17-26-43)56(49)53(38-44)58(4,5)6)29-20-30-54(55)61(45-33-31-41(32-34-45)40-21-12-9-13-22-40)46-35-36-48-47-27-18-19-28-50(47)59(7,8)52(48)39-46/h10-12,14-39H,9,13H2,1-8H3. The third kappa shape index (κ3) is 6.11. The van der Waals surface area contributed by atoms with Gasteiger partial charge in [-0.1, -0.05) is 201 Å². The second kappa shape index (κ2) is 14.2. The summed E-state index contributed by atoms with van der Waals surface area (Å²) in [5.74, 6) is 0. The van der Waals surface area contributed by atoms with Crippen molar-refractivity contribution in [2.45, 2.75) is 89.9 Å². The van der Waals surface area contributed by atoms with E-state index < -0.39 is 5.41 Å². The third-order valence-corrected chi connectivity index (χ3v) is 13.8. The molecule has 0 aliphatic heterocycles. The van der Waals surface area contributed by atoms with Crippen molar-refractivity contribution in [3.63, 3.8) is 0 Å². The van der Waals surface area contributed by atoms with Crippen molar-refractivity contribution in [1.29, 1.82) is 0 Å². The molecule has 0 amide bonds. The maximum Gasteiger partial charge on any atom is 0.0717 e. The lowest BCUT2D eigenvalue weighted by atomic mass is 9.63. The molecular formula is C60H57N. The van der Waals surface area contributed by atoms with E-state index in [0.717, 1.165) is 18.5 Å². The summed E-state index contributed by atoms with van der Waals surface area (Å²) in [5.41, 5.74) is 21.3. The van der Waals surface area contributed by atoms with Gasteiger partial charge in [0.25, 0.3) is 0 Å². The molecule has 0 N–H and O–H groups in total. The molecule has 0 saturated heterocycles. The summed E-state index contributed by atoms with van der Waals surface area (Å²) in [6, 6.07) is 60.3. The molecular weight excluding hydrogens is 735 g/mol. The number of allylic oxidation sites excluding steroid dienone is 4. The Kier molecular flexibility index (Phi) is 9.08. The monoisotopic (exact) mass is 791 g/mol. The van der Waals surface area contributed by atoms with Gasteiger partial charge in [0.2, 0.25) is 0 Å². The zero-order valence-corrected chi connectivity index (χ0v) is 37.1. The highest BCUT2D eigenvalue weighted by atomic mass is 15.1. The highest BCUT2D eigenvalue weighted by Crippen LogP contribution is 2.62. The fraction of sp³-hybridized carbons (Fsp3) is 0.233. The van der Waals surface area contributed by atoms with Crippen LogP contribution in [0.15, 0.2) is 176 Å². The van der Waals surface area contributed by atoms with Gasteiger partial charge in [0.15, 0.2) is 0 Å². The van der Waals surface area contributed by atoms with Crippen LogP contribution in [0.2, 0.25) is 0 Å². The number of rotatable bonds is 6. The van der Waals surface area contributed by atoms with E-state index in [1.165, 1.54) is 89.3 Å². The molecule has 0 bridgehead atoms. The molecule has 302 valence electrons. The summed E-state index contributed by atoms with van der Waals surface area (Å²) in [5, 5.41) is 0. The highest BCUT2D eigenvalue weighted by Gasteiger charge is 2.50. The summed E-state index contributed by atoms with van der Waals surface area (Å²) in [6.45, 7) is 19.1. The van der Waals surface area contributed by atoms with Crippen molar-refractivity contribution in [2.75, 3.05) is 4.90 Å². The van der Waals surface area contributed by atoms with Crippen LogP contribution in [0.25, 0.3) is 27.8 Å². The molecule has 7 aromatic rings. The molecule has 0 unspecified atom stereocenters. The lowest BCUT2D eigenvalue weighted by Gasteiger charge is -2.38. The van der Waals surface area contributed by atoms with Crippen LogP contribution in [0.4, 0.5) is 17.1 Å². The summed E-state index contributed by atoms with van der Waals surface area (Å²) < 4.78 is 0. The molecule has 1 heteroatoms. The van der Waals surface area contributed by atoms with Gasteiger partial charge in [0, 0.05) is 22.4 Å². The van der Waals surface area contributed by atoms with E-state index in [4.69, 9.17) is 0 Å². The Labute approximate surface area is 364 Å². The normalized spacial score (nSPS) is 15.7. The lowest BCUT2D eigenvalue weighted by molar-refractivity contribution is 0.557.